The number of hydrogen-bond donors (Lipinski definition) is 2. The van der Waals surface area contributed by atoms with Gasteiger partial charge in [-0.1, -0.05) is 0 Å². The number of amides is 1. The molecule has 0 radical (unpaired) electrons. The number of anilines is 1. The molecular formula is C12H15N3O5S. The molecule has 0 unspecified atom stereocenters. The largest absolute Gasteiger partial charge is 0.428 e. The predicted octanol–water partition coefficient (Wildman–Crippen LogP) is -0.0537. The predicted molar refractivity (Wildman–Crippen MR) is 75.4 cm³/mol. The van der Waals surface area contributed by atoms with E-state index in [0.29, 0.717) is 17.8 Å². The average Bonchev–Trinajstić information content (AvgIpc) is 2.82. The Morgan fingerprint density at radius 2 is 2.24 bits per heavy atom. The zero-order valence-electron chi connectivity index (χ0n) is 11.3. The fourth-order valence-electron chi connectivity index (χ4n) is 1.63. The Hall–Kier alpha value is -2.13. The van der Waals surface area contributed by atoms with E-state index >= 15 is 0 Å². The summed E-state index contributed by atoms with van der Waals surface area (Å²) in [5.74, 6) is -1.38. The highest BCUT2D eigenvalue weighted by molar-refractivity contribution is 7.91. The van der Waals surface area contributed by atoms with Crippen molar-refractivity contribution in [2.24, 2.45) is 0 Å². The van der Waals surface area contributed by atoms with Gasteiger partial charge in [-0.2, -0.15) is 4.98 Å². The highest BCUT2D eigenvalue weighted by atomic mass is 32.2. The third-order valence-electron chi connectivity index (χ3n) is 2.61. The van der Waals surface area contributed by atoms with Crippen molar-refractivity contribution in [3.8, 4) is 0 Å². The van der Waals surface area contributed by atoms with Crippen molar-refractivity contribution in [1.82, 2.24) is 10.3 Å². The van der Waals surface area contributed by atoms with Crippen LogP contribution in [0.5, 0.6) is 0 Å². The number of nitrogens with two attached hydrogens (primary N) is 1. The van der Waals surface area contributed by atoms with Gasteiger partial charge in [0, 0.05) is 25.4 Å². The maximum absolute atomic E-state index is 12.1. The van der Waals surface area contributed by atoms with Gasteiger partial charge in [-0.05, 0) is 12.1 Å². The molecule has 1 amide bonds. The summed E-state index contributed by atoms with van der Waals surface area (Å²) >= 11 is 0. The Morgan fingerprint density at radius 1 is 1.48 bits per heavy atom. The number of carbonyl (C=O) groups is 1. The second-order valence-electron chi connectivity index (χ2n) is 4.31. The van der Waals surface area contributed by atoms with E-state index in [4.69, 9.17) is 14.9 Å². The minimum atomic E-state index is -3.94. The minimum absolute atomic E-state index is 0.231. The van der Waals surface area contributed by atoms with E-state index in [1.807, 2.05) is 0 Å². The zero-order chi connectivity index (χ0) is 15.5. The lowest BCUT2D eigenvalue weighted by atomic mass is 10.3. The Kier molecular flexibility index (Phi) is 4.43. The lowest BCUT2D eigenvalue weighted by Crippen LogP contribution is -2.32. The summed E-state index contributed by atoms with van der Waals surface area (Å²) in [6.45, 7) is 0.531. The monoisotopic (exact) mass is 313 g/mol. The molecule has 1 aromatic carbocycles. The van der Waals surface area contributed by atoms with E-state index in [0.717, 1.165) is 0 Å². The van der Waals surface area contributed by atoms with Gasteiger partial charge < -0.3 is 20.2 Å². The SMILES string of the molecule is COCCNC(=O)CS(=O)(=O)c1nc2ccc(N)cc2o1. The average molecular weight is 313 g/mol. The van der Waals surface area contributed by atoms with Crippen molar-refractivity contribution in [3.05, 3.63) is 18.2 Å². The maximum Gasteiger partial charge on any atom is 0.316 e. The molecule has 1 heterocycles. The Bertz CT molecular complexity index is 753. The number of nitrogens with one attached hydrogen (secondary N) is 1. The Morgan fingerprint density at radius 3 is 2.95 bits per heavy atom. The van der Waals surface area contributed by atoms with Crippen molar-refractivity contribution in [1.29, 1.82) is 0 Å². The quantitative estimate of drug-likeness (QED) is 0.565. The Labute approximate surface area is 121 Å². The molecule has 0 fully saturated rings. The van der Waals surface area contributed by atoms with Gasteiger partial charge in [0.2, 0.25) is 15.7 Å². The van der Waals surface area contributed by atoms with E-state index in [1.165, 1.54) is 13.2 Å². The first-order valence-corrected chi connectivity index (χ1v) is 7.72. The standard InChI is InChI=1S/C12H15N3O5S/c1-19-5-4-14-11(16)7-21(17,18)12-15-9-3-2-8(13)6-10(9)20-12/h2-3,6H,4-5,7,13H2,1H3,(H,14,16). The summed E-state index contributed by atoms with van der Waals surface area (Å²) in [7, 11) is -2.46. The van der Waals surface area contributed by atoms with Gasteiger partial charge in [0.1, 0.15) is 11.3 Å². The van der Waals surface area contributed by atoms with E-state index in [2.05, 4.69) is 10.3 Å². The smallest absolute Gasteiger partial charge is 0.316 e. The van der Waals surface area contributed by atoms with Crippen LogP contribution >= 0.6 is 0 Å². The lowest BCUT2D eigenvalue weighted by molar-refractivity contribution is -0.118. The Balaban J connectivity index is 2.15. The van der Waals surface area contributed by atoms with E-state index in [-0.39, 0.29) is 12.1 Å². The van der Waals surface area contributed by atoms with Gasteiger partial charge >= 0.3 is 5.22 Å². The second-order valence-corrected chi connectivity index (χ2v) is 6.18. The molecule has 21 heavy (non-hydrogen) atoms. The number of hydrogen-bond acceptors (Lipinski definition) is 7. The van der Waals surface area contributed by atoms with Crippen LogP contribution in [0.4, 0.5) is 5.69 Å². The number of nitrogens with zero attached hydrogens (tertiary/aromatic N) is 1. The number of benzene rings is 1. The summed E-state index contributed by atoms with van der Waals surface area (Å²) in [5.41, 5.74) is 6.63. The molecule has 0 bridgehead atoms. The molecule has 0 saturated heterocycles. The first-order chi connectivity index (χ1) is 9.92. The maximum atomic E-state index is 12.1. The van der Waals surface area contributed by atoms with Crippen LogP contribution in [0.2, 0.25) is 0 Å². The van der Waals surface area contributed by atoms with Crippen LogP contribution in [0.1, 0.15) is 0 Å². The number of rotatable bonds is 6. The first kappa shape index (κ1) is 15.3. The van der Waals surface area contributed by atoms with Crippen LogP contribution in [0.15, 0.2) is 27.8 Å². The number of oxazole rings is 1. The van der Waals surface area contributed by atoms with Crippen LogP contribution in [0.25, 0.3) is 11.1 Å². The van der Waals surface area contributed by atoms with Crippen LogP contribution in [-0.4, -0.2) is 45.3 Å². The molecule has 0 spiro atoms. The van der Waals surface area contributed by atoms with Crippen molar-refractivity contribution in [3.63, 3.8) is 0 Å². The number of methoxy groups -OCH3 is 1. The molecule has 0 aliphatic heterocycles. The van der Waals surface area contributed by atoms with Gasteiger partial charge in [0.25, 0.3) is 0 Å². The van der Waals surface area contributed by atoms with Gasteiger partial charge in [-0.25, -0.2) is 8.42 Å². The highest BCUT2D eigenvalue weighted by Gasteiger charge is 2.25. The topological polar surface area (TPSA) is 125 Å². The van der Waals surface area contributed by atoms with Crippen molar-refractivity contribution in [2.45, 2.75) is 5.22 Å². The second kappa shape index (κ2) is 6.10. The van der Waals surface area contributed by atoms with Crippen LogP contribution in [0, 0.1) is 0 Å². The molecule has 2 aromatic rings. The number of nitrogen functional groups attached to an aromatic ring is 1. The molecule has 8 nitrogen and oxygen atoms in total. The van der Waals surface area contributed by atoms with Crippen LogP contribution in [-0.2, 0) is 19.4 Å². The van der Waals surface area contributed by atoms with Gasteiger partial charge in [-0.15, -0.1) is 0 Å². The van der Waals surface area contributed by atoms with Gasteiger partial charge in [0.15, 0.2) is 5.58 Å². The fraction of sp³-hybridized carbons (Fsp3) is 0.333. The number of fused-ring (bicyclic) bond motifs is 1. The molecule has 114 valence electrons. The molecule has 2 rings (SSSR count). The number of carbonyl (C=O) groups excluding carboxylic acids is 1. The summed E-state index contributed by atoms with van der Waals surface area (Å²) in [6, 6.07) is 4.60. The summed E-state index contributed by atoms with van der Waals surface area (Å²) in [5, 5.41) is 1.92. The molecule has 0 saturated carbocycles. The fourth-order valence-corrected chi connectivity index (χ4v) is 2.66. The van der Waals surface area contributed by atoms with Crippen molar-refractivity contribution < 1.29 is 22.4 Å². The van der Waals surface area contributed by atoms with E-state index in [1.54, 1.807) is 12.1 Å². The summed E-state index contributed by atoms with van der Waals surface area (Å²) in [4.78, 5) is 15.4. The van der Waals surface area contributed by atoms with Crippen LogP contribution < -0.4 is 11.1 Å². The number of ether oxygens (including phenoxy) is 1. The first-order valence-electron chi connectivity index (χ1n) is 6.07. The lowest BCUT2D eigenvalue weighted by Gasteiger charge is -2.03. The number of sulfone groups is 1. The summed E-state index contributed by atoms with van der Waals surface area (Å²) in [6.07, 6.45) is 0. The molecule has 3 N–H and O–H groups in total. The molecule has 0 aliphatic carbocycles. The van der Waals surface area contributed by atoms with Crippen LogP contribution in [0.3, 0.4) is 0 Å². The van der Waals surface area contributed by atoms with E-state index < -0.39 is 26.7 Å². The highest BCUT2D eigenvalue weighted by Crippen LogP contribution is 2.21. The molecule has 9 heteroatoms. The van der Waals surface area contributed by atoms with Gasteiger partial charge in [-0.3, -0.25) is 4.79 Å². The molecule has 0 aliphatic rings. The molecule has 1 aromatic heterocycles. The van der Waals surface area contributed by atoms with Gasteiger partial charge in [0.05, 0.1) is 6.61 Å². The zero-order valence-corrected chi connectivity index (χ0v) is 12.1. The third kappa shape index (κ3) is 3.70. The summed E-state index contributed by atoms with van der Waals surface area (Å²) < 4.78 is 34.0. The normalized spacial score (nSPS) is 11.7. The third-order valence-corrected chi connectivity index (χ3v) is 3.96. The van der Waals surface area contributed by atoms with E-state index in [9.17, 15) is 13.2 Å². The number of aromatic nitrogens is 1. The molecule has 0 atom stereocenters. The minimum Gasteiger partial charge on any atom is -0.428 e. The van der Waals surface area contributed by atoms with Crippen molar-refractivity contribution >= 4 is 32.5 Å². The van der Waals surface area contributed by atoms with Crippen molar-refractivity contribution in [2.75, 3.05) is 31.7 Å². The molecular weight excluding hydrogens is 298 g/mol.